The maximum atomic E-state index is 10.4. The summed E-state index contributed by atoms with van der Waals surface area (Å²) < 4.78 is 0. The van der Waals surface area contributed by atoms with Crippen molar-refractivity contribution in [1.29, 1.82) is 0 Å². The fourth-order valence-electron chi connectivity index (χ4n) is 3.12. The zero-order chi connectivity index (χ0) is 14.0. The Hall–Kier alpha value is -0.380. The van der Waals surface area contributed by atoms with Crippen LogP contribution in [0.1, 0.15) is 38.5 Å². The fraction of sp³-hybridized carbons (Fsp3) is 0.750. The van der Waals surface area contributed by atoms with Crippen molar-refractivity contribution >= 4 is 11.3 Å². The lowest BCUT2D eigenvalue weighted by Crippen LogP contribution is -2.39. The molecule has 0 amide bonds. The van der Waals surface area contributed by atoms with Crippen molar-refractivity contribution in [3.05, 3.63) is 22.4 Å². The third-order valence-electron chi connectivity index (χ3n) is 4.76. The van der Waals surface area contributed by atoms with Crippen LogP contribution in [-0.2, 0) is 6.42 Å². The van der Waals surface area contributed by atoms with E-state index < -0.39 is 0 Å². The van der Waals surface area contributed by atoms with Crippen LogP contribution < -0.4 is 0 Å². The third kappa shape index (κ3) is 3.59. The largest absolute Gasteiger partial charge is 0.392 e. The van der Waals surface area contributed by atoms with Gasteiger partial charge in [0.1, 0.15) is 0 Å². The van der Waals surface area contributed by atoms with Crippen molar-refractivity contribution in [3.8, 4) is 0 Å². The van der Waals surface area contributed by atoms with Crippen molar-refractivity contribution in [2.24, 2.45) is 11.3 Å². The number of nitrogens with zero attached hydrogens (tertiary/aromatic N) is 1. The van der Waals surface area contributed by atoms with Crippen LogP contribution in [0.3, 0.4) is 0 Å². The minimum Gasteiger partial charge on any atom is -0.392 e. The van der Waals surface area contributed by atoms with Gasteiger partial charge >= 0.3 is 0 Å². The molecular formula is C16H27NOS. The predicted octanol–water partition coefficient (Wildman–Crippen LogP) is 3.41. The first kappa shape index (κ1) is 15.0. The molecule has 3 unspecified atom stereocenters. The summed E-state index contributed by atoms with van der Waals surface area (Å²) in [6.07, 6.45) is 3.26. The van der Waals surface area contributed by atoms with Gasteiger partial charge in [-0.2, -0.15) is 0 Å². The number of aliphatic hydroxyl groups excluding tert-OH is 1. The Morgan fingerprint density at radius 3 is 2.79 bits per heavy atom. The lowest BCUT2D eigenvalue weighted by Gasteiger charge is -2.31. The Balaban J connectivity index is 1.85. The van der Waals surface area contributed by atoms with Gasteiger partial charge in [-0.15, -0.1) is 11.3 Å². The molecule has 1 aliphatic carbocycles. The summed E-state index contributed by atoms with van der Waals surface area (Å²) in [4.78, 5) is 3.86. The van der Waals surface area contributed by atoms with E-state index in [0.717, 1.165) is 25.8 Å². The van der Waals surface area contributed by atoms with Crippen molar-refractivity contribution in [2.75, 3.05) is 13.6 Å². The zero-order valence-corrected chi connectivity index (χ0v) is 13.4. The normalized spacial score (nSPS) is 27.9. The van der Waals surface area contributed by atoms with Crippen LogP contribution in [-0.4, -0.2) is 35.7 Å². The second kappa shape index (κ2) is 5.94. The number of hydrogen-bond donors (Lipinski definition) is 1. The van der Waals surface area contributed by atoms with Gasteiger partial charge in [0.25, 0.3) is 0 Å². The monoisotopic (exact) mass is 281 g/mol. The molecular weight excluding hydrogens is 254 g/mol. The number of likely N-dealkylation sites (N-methyl/N-ethyl adjacent to an activating group) is 1. The first-order valence-electron chi connectivity index (χ1n) is 7.31. The maximum Gasteiger partial charge on any atom is 0.0631 e. The second-order valence-electron chi connectivity index (χ2n) is 6.80. The van der Waals surface area contributed by atoms with Gasteiger partial charge in [0.2, 0.25) is 0 Å². The molecule has 0 aliphatic heterocycles. The van der Waals surface area contributed by atoms with E-state index in [1.165, 1.54) is 4.88 Å². The zero-order valence-electron chi connectivity index (χ0n) is 12.6. The minimum atomic E-state index is -0.149. The molecule has 2 nitrogen and oxygen atoms in total. The first-order valence-corrected chi connectivity index (χ1v) is 8.19. The average molecular weight is 281 g/mol. The molecule has 1 aliphatic rings. The van der Waals surface area contributed by atoms with E-state index in [9.17, 15) is 5.11 Å². The SMILES string of the molecule is CC(Cc1cccs1)N(C)CC1CCC(C)(C)C1O. The standard InChI is InChI=1S/C16H27NOS/c1-12(10-14-6-5-9-19-14)17(4)11-13-7-8-16(2,3)15(13)18/h5-6,9,12-13,15,18H,7-8,10-11H2,1-4H3. The van der Waals surface area contributed by atoms with E-state index in [1.807, 2.05) is 11.3 Å². The molecule has 1 aromatic rings. The molecule has 1 heterocycles. The van der Waals surface area contributed by atoms with Gasteiger partial charge < -0.3 is 10.0 Å². The van der Waals surface area contributed by atoms with Gasteiger partial charge in [-0.05, 0) is 56.0 Å². The molecule has 3 atom stereocenters. The highest BCUT2D eigenvalue weighted by Crippen LogP contribution is 2.41. The second-order valence-corrected chi connectivity index (χ2v) is 7.84. The molecule has 1 fully saturated rings. The first-order chi connectivity index (χ1) is 8.90. The van der Waals surface area contributed by atoms with Gasteiger partial charge in [-0.1, -0.05) is 19.9 Å². The van der Waals surface area contributed by atoms with E-state index >= 15 is 0 Å². The molecule has 3 heteroatoms. The Morgan fingerprint density at radius 1 is 1.53 bits per heavy atom. The van der Waals surface area contributed by atoms with Gasteiger partial charge in [0.05, 0.1) is 6.10 Å². The molecule has 1 aromatic heterocycles. The summed E-state index contributed by atoms with van der Waals surface area (Å²) >= 11 is 1.84. The summed E-state index contributed by atoms with van der Waals surface area (Å²) in [6.45, 7) is 7.67. The van der Waals surface area contributed by atoms with Crippen molar-refractivity contribution in [1.82, 2.24) is 4.90 Å². The summed E-state index contributed by atoms with van der Waals surface area (Å²) in [6, 6.07) is 4.87. The molecule has 2 rings (SSSR count). The lowest BCUT2D eigenvalue weighted by atomic mass is 9.87. The molecule has 0 aromatic carbocycles. The molecule has 1 saturated carbocycles. The smallest absolute Gasteiger partial charge is 0.0631 e. The quantitative estimate of drug-likeness (QED) is 0.894. The van der Waals surface area contributed by atoms with Crippen LogP contribution in [0.2, 0.25) is 0 Å². The van der Waals surface area contributed by atoms with E-state index in [1.54, 1.807) is 0 Å². The highest BCUT2D eigenvalue weighted by Gasteiger charge is 2.41. The molecule has 108 valence electrons. The maximum absolute atomic E-state index is 10.4. The van der Waals surface area contributed by atoms with Gasteiger partial charge in [-0.25, -0.2) is 0 Å². The fourth-order valence-corrected chi connectivity index (χ4v) is 3.94. The third-order valence-corrected chi connectivity index (χ3v) is 5.66. The minimum absolute atomic E-state index is 0.0997. The van der Waals surface area contributed by atoms with E-state index in [0.29, 0.717) is 12.0 Å². The number of thiophene rings is 1. The van der Waals surface area contributed by atoms with Crippen LogP contribution in [0.5, 0.6) is 0 Å². The highest BCUT2D eigenvalue weighted by atomic mass is 32.1. The molecule has 0 spiro atoms. The molecule has 19 heavy (non-hydrogen) atoms. The van der Waals surface area contributed by atoms with E-state index in [-0.39, 0.29) is 11.5 Å². The van der Waals surface area contributed by atoms with Gasteiger partial charge in [0.15, 0.2) is 0 Å². The van der Waals surface area contributed by atoms with E-state index in [2.05, 4.69) is 50.2 Å². The van der Waals surface area contributed by atoms with Crippen molar-refractivity contribution in [3.63, 3.8) is 0 Å². The predicted molar refractivity (Wildman–Crippen MR) is 82.6 cm³/mol. The summed E-state index contributed by atoms with van der Waals surface area (Å²) in [7, 11) is 2.19. The van der Waals surface area contributed by atoms with Crippen LogP contribution in [0.4, 0.5) is 0 Å². The summed E-state index contributed by atoms with van der Waals surface area (Å²) in [5.41, 5.74) is 0.0997. The van der Waals surface area contributed by atoms with Gasteiger partial charge in [0, 0.05) is 17.5 Å². The summed E-state index contributed by atoms with van der Waals surface area (Å²) in [5, 5.41) is 12.5. The lowest BCUT2D eigenvalue weighted by molar-refractivity contribution is 0.0317. The van der Waals surface area contributed by atoms with E-state index in [4.69, 9.17) is 0 Å². The Labute approximate surface area is 121 Å². The van der Waals surface area contributed by atoms with Crippen LogP contribution >= 0.6 is 11.3 Å². The highest BCUT2D eigenvalue weighted by molar-refractivity contribution is 7.09. The Kier molecular flexibility index (Phi) is 4.70. The van der Waals surface area contributed by atoms with Crippen LogP contribution in [0.25, 0.3) is 0 Å². The van der Waals surface area contributed by atoms with Crippen molar-refractivity contribution in [2.45, 2.75) is 52.2 Å². The van der Waals surface area contributed by atoms with Crippen molar-refractivity contribution < 1.29 is 5.11 Å². The topological polar surface area (TPSA) is 23.5 Å². The summed E-state index contributed by atoms with van der Waals surface area (Å²) in [5.74, 6) is 0.436. The molecule has 0 bridgehead atoms. The Bertz CT molecular complexity index is 387. The average Bonchev–Trinajstić information content (AvgIpc) is 2.93. The Morgan fingerprint density at radius 2 is 2.26 bits per heavy atom. The van der Waals surface area contributed by atoms with Gasteiger partial charge in [-0.3, -0.25) is 0 Å². The molecule has 0 radical (unpaired) electrons. The number of hydrogen-bond acceptors (Lipinski definition) is 3. The molecule has 1 N–H and O–H groups in total. The molecule has 0 saturated heterocycles. The number of aliphatic hydroxyl groups is 1. The van der Waals surface area contributed by atoms with Crippen LogP contribution in [0.15, 0.2) is 17.5 Å². The number of rotatable bonds is 5. The van der Waals surface area contributed by atoms with Crippen LogP contribution in [0, 0.1) is 11.3 Å².